The fourth-order valence-corrected chi connectivity index (χ4v) is 2.38. The van der Waals surface area contributed by atoms with Crippen molar-refractivity contribution in [2.45, 2.75) is 25.5 Å². The summed E-state index contributed by atoms with van der Waals surface area (Å²) < 4.78 is 5.23. The number of piperidine rings is 1. The van der Waals surface area contributed by atoms with Gasteiger partial charge in [0.25, 0.3) is 0 Å². The molecule has 1 aliphatic heterocycles. The molecule has 1 aliphatic rings. The number of hydrogen-bond donors (Lipinski definition) is 1. The van der Waals surface area contributed by atoms with E-state index in [-0.39, 0.29) is 0 Å². The number of nitrogens with one attached hydrogen (secondary N) is 1. The predicted octanol–water partition coefficient (Wildman–Crippen LogP) is 1.42. The van der Waals surface area contributed by atoms with E-state index in [2.05, 4.69) is 28.3 Å². The van der Waals surface area contributed by atoms with Gasteiger partial charge in [-0.2, -0.15) is 0 Å². The van der Waals surface area contributed by atoms with Crippen LogP contribution >= 0.6 is 0 Å². The molecular formula is C13H21N3O. The summed E-state index contributed by atoms with van der Waals surface area (Å²) in [7, 11) is 3.86. The molecule has 17 heavy (non-hydrogen) atoms. The van der Waals surface area contributed by atoms with Gasteiger partial charge in [0.15, 0.2) is 0 Å². The van der Waals surface area contributed by atoms with Crippen molar-refractivity contribution in [2.75, 3.05) is 32.1 Å². The van der Waals surface area contributed by atoms with Crippen LogP contribution in [0.3, 0.4) is 0 Å². The largest absolute Gasteiger partial charge is 0.380 e. The number of aromatic nitrogens is 1. The van der Waals surface area contributed by atoms with Gasteiger partial charge in [-0.25, -0.2) is 4.98 Å². The number of rotatable bonds is 4. The zero-order chi connectivity index (χ0) is 12.1. The normalized spacial score (nSPS) is 17.1. The molecule has 94 valence electrons. The Morgan fingerprint density at radius 1 is 1.47 bits per heavy atom. The van der Waals surface area contributed by atoms with Crippen molar-refractivity contribution in [1.82, 2.24) is 10.3 Å². The first-order valence-electron chi connectivity index (χ1n) is 6.19. The van der Waals surface area contributed by atoms with Gasteiger partial charge in [0, 0.05) is 32.0 Å². The number of ether oxygens (including phenoxy) is 1. The Hall–Kier alpha value is -1.13. The number of methoxy groups -OCH3 is 1. The number of hydrogen-bond acceptors (Lipinski definition) is 4. The van der Waals surface area contributed by atoms with Crippen molar-refractivity contribution in [3.63, 3.8) is 0 Å². The van der Waals surface area contributed by atoms with E-state index in [1.54, 1.807) is 7.11 Å². The quantitative estimate of drug-likeness (QED) is 0.856. The van der Waals surface area contributed by atoms with Crippen molar-refractivity contribution < 1.29 is 4.74 Å². The van der Waals surface area contributed by atoms with Crippen LogP contribution in [0.5, 0.6) is 0 Å². The monoisotopic (exact) mass is 235 g/mol. The molecule has 0 aromatic carbocycles. The second-order valence-electron chi connectivity index (χ2n) is 4.51. The Balaban J connectivity index is 2.14. The molecular weight excluding hydrogens is 214 g/mol. The van der Waals surface area contributed by atoms with E-state index in [4.69, 9.17) is 4.74 Å². The molecule has 0 bridgehead atoms. The molecule has 0 atom stereocenters. The van der Waals surface area contributed by atoms with Gasteiger partial charge in [-0.3, -0.25) is 0 Å². The van der Waals surface area contributed by atoms with Crippen LogP contribution in [-0.2, 0) is 11.3 Å². The molecule has 2 heterocycles. The molecule has 0 aliphatic carbocycles. The third-order valence-corrected chi connectivity index (χ3v) is 3.36. The zero-order valence-electron chi connectivity index (χ0n) is 10.6. The lowest BCUT2D eigenvalue weighted by molar-refractivity contribution is 0.184. The van der Waals surface area contributed by atoms with E-state index in [9.17, 15) is 0 Å². The van der Waals surface area contributed by atoms with Crippen molar-refractivity contribution in [2.24, 2.45) is 0 Å². The van der Waals surface area contributed by atoms with Crippen LogP contribution in [0, 0.1) is 0 Å². The highest BCUT2D eigenvalue weighted by molar-refractivity contribution is 5.46. The fourth-order valence-electron chi connectivity index (χ4n) is 2.38. The standard InChI is InChI=1S/C13H21N3O/c1-16(12-5-8-14-9-6-12)13-11(10-17-2)4-3-7-15-13/h3-4,7,12,14H,5-6,8-10H2,1-2H3. The average Bonchev–Trinajstić information content (AvgIpc) is 2.40. The Morgan fingerprint density at radius 2 is 2.24 bits per heavy atom. The average molecular weight is 235 g/mol. The van der Waals surface area contributed by atoms with Crippen LogP contribution in [0.15, 0.2) is 18.3 Å². The first-order valence-corrected chi connectivity index (χ1v) is 6.19. The maximum Gasteiger partial charge on any atom is 0.134 e. The van der Waals surface area contributed by atoms with Crippen LogP contribution in [0.1, 0.15) is 18.4 Å². The van der Waals surface area contributed by atoms with Gasteiger partial charge >= 0.3 is 0 Å². The lowest BCUT2D eigenvalue weighted by atomic mass is 10.0. The predicted molar refractivity (Wildman–Crippen MR) is 69.2 cm³/mol. The van der Waals surface area contributed by atoms with Crippen LogP contribution in [-0.4, -0.2) is 38.3 Å². The van der Waals surface area contributed by atoms with Gasteiger partial charge in [-0.05, 0) is 32.0 Å². The Labute approximate surface area is 103 Å². The first-order chi connectivity index (χ1) is 8.33. The van der Waals surface area contributed by atoms with E-state index < -0.39 is 0 Å². The summed E-state index contributed by atoms with van der Waals surface area (Å²) >= 11 is 0. The van der Waals surface area contributed by atoms with Crippen LogP contribution < -0.4 is 10.2 Å². The highest BCUT2D eigenvalue weighted by atomic mass is 16.5. The highest BCUT2D eigenvalue weighted by Gasteiger charge is 2.20. The van der Waals surface area contributed by atoms with E-state index in [0.29, 0.717) is 12.6 Å². The molecule has 1 aromatic rings. The zero-order valence-corrected chi connectivity index (χ0v) is 10.6. The number of pyridine rings is 1. The molecule has 1 aromatic heterocycles. The van der Waals surface area contributed by atoms with E-state index >= 15 is 0 Å². The lowest BCUT2D eigenvalue weighted by Gasteiger charge is -2.33. The van der Waals surface area contributed by atoms with Gasteiger partial charge in [-0.15, -0.1) is 0 Å². The van der Waals surface area contributed by atoms with Crippen molar-refractivity contribution in [1.29, 1.82) is 0 Å². The first kappa shape index (κ1) is 12.3. The van der Waals surface area contributed by atoms with Gasteiger partial charge in [0.1, 0.15) is 5.82 Å². The summed E-state index contributed by atoms with van der Waals surface area (Å²) in [6.45, 7) is 2.82. The second kappa shape index (κ2) is 5.98. The Bertz CT molecular complexity index is 350. The highest BCUT2D eigenvalue weighted by Crippen LogP contribution is 2.22. The molecule has 0 unspecified atom stereocenters. The number of anilines is 1. The summed E-state index contributed by atoms with van der Waals surface area (Å²) in [4.78, 5) is 6.80. The van der Waals surface area contributed by atoms with E-state index in [1.165, 1.54) is 12.8 Å². The molecule has 0 spiro atoms. The molecule has 0 saturated carbocycles. The summed E-state index contributed by atoms with van der Waals surface area (Å²) in [5, 5.41) is 3.39. The number of nitrogens with zero attached hydrogens (tertiary/aromatic N) is 2. The van der Waals surface area contributed by atoms with Gasteiger partial charge in [0.2, 0.25) is 0 Å². The summed E-state index contributed by atoms with van der Waals surface area (Å²) in [6.07, 6.45) is 4.21. The smallest absolute Gasteiger partial charge is 0.134 e. The van der Waals surface area contributed by atoms with Crippen molar-refractivity contribution >= 4 is 5.82 Å². The van der Waals surface area contributed by atoms with Crippen LogP contribution in [0.4, 0.5) is 5.82 Å². The molecule has 4 nitrogen and oxygen atoms in total. The maximum atomic E-state index is 5.23. The molecule has 4 heteroatoms. The molecule has 0 radical (unpaired) electrons. The Morgan fingerprint density at radius 3 is 2.94 bits per heavy atom. The summed E-state index contributed by atoms with van der Waals surface area (Å²) in [5.74, 6) is 1.06. The maximum absolute atomic E-state index is 5.23. The molecule has 0 amide bonds. The fraction of sp³-hybridized carbons (Fsp3) is 0.615. The minimum Gasteiger partial charge on any atom is -0.380 e. The third kappa shape index (κ3) is 2.96. The second-order valence-corrected chi connectivity index (χ2v) is 4.51. The molecule has 1 N–H and O–H groups in total. The van der Waals surface area contributed by atoms with Crippen molar-refractivity contribution in [3.8, 4) is 0 Å². The molecule has 1 fully saturated rings. The van der Waals surface area contributed by atoms with Gasteiger partial charge in [-0.1, -0.05) is 6.07 Å². The van der Waals surface area contributed by atoms with E-state index in [1.807, 2.05) is 12.3 Å². The summed E-state index contributed by atoms with van der Waals surface area (Å²) in [6, 6.07) is 4.64. The van der Waals surface area contributed by atoms with Crippen LogP contribution in [0.2, 0.25) is 0 Å². The minimum atomic E-state index is 0.585. The van der Waals surface area contributed by atoms with Crippen molar-refractivity contribution in [3.05, 3.63) is 23.9 Å². The van der Waals surface area contributed by atoms with Gasteiger partial charge in [0.05, 0.1) is 6.61 Å². The molecule has 1 saturated heterocycles. The van der Waals surface area contributed by atoms with Crippen LogP contribution in [0.25, 0.3) is 0 Å². The van der Waals surface area contributed by atoms with E-state index in [0.717, 1.165) is 24.5 Å². The molecule has 2 rings (SSSR count). The van der Waals surface area contributed by atoms with Gasteiger partial charge < -0.3 is 15.0 Å². The summed E-state index contributed by atoms with van der Waals surface area (Å²) in [5.41, 5.74) is 1.16. The minimum absolute atomic E-state index is 0.585. The third-order valence-electron chi connectivity index (χ3n) is 3.36. The SMILES string of the molecule is COCc1cccnc1N(C)C1CCNCC1. The topological polar surface area (TPSA) is 37.4 Å². The lowest BCUT2D eigenvalue weighted by Crippen LogP contribution is -2.41. The Kier molecular flexibility index (Phi) is 4.34.